The number of anilines is 3. The molecule has 4 rings (SSSR count). The summed E-state index contributed by atoms with van der Waals surface area (Å²) in [5.74, 6) is 0.360. The SMILES string of the molecule is Cn1ccc2c(-c3ccc(F)cc3)nc(Nc3cncnc3N)nc21. The molecule has 0 unspecified atom stereocenters. The van der Waals surface area contributed by atoms with Gasteiger partial charge in [0.2, 0.25) is 5.95 Å². The number of aromatic nitrogens is 5. The van der Waals surface area contributed by atoms with E-state index in [9.17, 15) is 4.39 Å². The first-order valence-corrected chi connectivity index (χ1v) is 7.53. The van der Waals surface area contributed by atoms with Crippen LogP contribution in [0.25, 0.3) is 22.3 Å². The largest absolute Gasteiger partial charge is 0.382 e. The van der Waals surface area contributed by atoms with Crippen LogP contribution in [0.4, 0.5) is 21.8 Å². The van der Waals surface area contributed by atoms with Crippen LogP contribution in [0.1, 0.15) is 0 Å². The first-order valence-electron chi connectivity index (χ1n) is 7.53. The van der Waals surface area contributed by atoms with E-state index in [4.69, 9.17) is 5.73 Å². The lowest BCUT2D eigenvalue weighted by atomic mass is 10.1. The molecule has 25 heavy (non-hydrogen) atoms. The zero-order valence-electron chi connectivity index (χ0n) is 13.3. The first kappa shape index (κ1) is 15.0. The highest BCUT2D eigenvalue weighted by Crippen LogP contribution is 2.29. The summed E-state index contributed by atoms with van der Waals surface area (Å²) in [5.41, 5.74) is 8.59. The molecule has 0 atom stereocenters. The summed E-state index contributed by atoms with van der Waals surface area (Å²) in [4.78, 5) is 17.0. The summed E-state index contributed by atoms with van der Waals surface area (Å²) < 4.78 is 15.1. The number of halogens is 1. The molecule has 3 aromatic heterocycles. The molecule has 8 heteroatoms. The van der Waals surface area contributed by atoms with Crippen LogP contribution in [0.15, 0.2) is 49.1 Å². The Morgan fingerprint density at radius 2 is 1.92 bits per heavy atom. The highest BCUT2D eigenvalue weighted by Gasteiger charge is 2.13. The molecule has 124 valence electrons. The third-order valence-corrected chi connectivity index (χ3v) is 3.83. The lowest BCUT2D eigenvalue weighted by Gasteiger charge is -2.10. The second-order valence-corrected chi connectivity index (χ2v) is 5.51. The fourth-order valence-electron chi connectivity index (χ4n) is 2.58. The summed E-state index contributed by atoms with van der Waals surface area (Å²) >= 11 is 0. The van der Waals surface area contributed by atoms with Crippen molar-refractivity contribution in [2.45, 2.75) is 0 Å². The average Bonchev–Trinajstić information content (AvgIpc) is 2.98. The molecule has 1 aromatic carbocycles. The molecule has 0 aliphatic rings. The van der Waals surface area contributed by atoms with Crippen molar-refractivity contribution in [1.82, 2.24) is 24.5 Å². The molecule has 4 aromatic rings. The van der Waals surface area contributed by atoms with Crippen LogP contribution < -0.4 is 11.1 Å². The van der Waals surface area contributed by atoms with Crippen LogP contribution in [-0.4, -0.2) is 24.5 Å². The molecule has 0 aliphatic carbocycles. The zero-order chi connectivity index (χ0) is 17.4. The Morgan fingerprint density at radius 3 is 2.68 bits per heavy atom. The molecular formula is C17H14FN7. The quantitative estimate of drug-likeness (QED) is 0.598. The van der Waals surface area contributed by atoms with E-state index in [2.05, 4.69) is 25.3 Å². The van der Waals surface area contributed by atoms with Crippen molar-refractivity contribution < 1.29 is 4.39 Å². The fourth-order valence-corrected chi connectivity index (χ4v) is 2.58. The second kappa shape index (κ2) is 5.82. The summed E-state index contributed by atoms with van der Waals surface area (Å²) in [7, 11) is 1.90. The number of benzene rings is 1. The summed E-state index contributed by atoms with van der Waals surface area (Å²) in [6, 6.07) is 8.12. The smallest absolute Gasteiger partial charge is 0.229 e. The number of nitrogens with two attached hydrogens (primary N) is 1. The Kier molecular flexibility index (Phi) is 3.50. The molecule has 0 aliphatic heterocycles. The molecule has 0 radical (unpaired) electrons. The van der Waals surface area contributed by atoms with Crippen molar-refractivity contribution in [2.24, 2.45) is 7.05 Å². The van der Waals surface area contributed by atoms with Crippen molar-refractivity contribution in [3.8, 4) is 11.3 Å². The molecule has 0 saturated heterocycles. The predicted molar refractivity (Wildman–Crippen MR) is 93.6 cm³/mol. The number of fused-ring (bicyclic) bond motifs is 1. The van der Waals surface area contributed by atoms with Crippen molar-refractivity contribution in [3.05, 3.63) is 54.9 Å². The third kappa shape index (κ3) is 2.74. The van der Waals surface area contributed by atoms with Crippen LogP contribution in [0.5, 0.6) is 0 Å². The van der Waals surface area contributed by atoms with Gasteiger partial charge in [0, 0.05) is 24.2 Å². The maximum Gasteiger partial charge on any atom is 0.229 e. The van der Waals surface area contributed by atoms with Gasteiger partial charge in [0.25, 0.3) is 0 Å². The van der Waals surface area contributed by atoms with E-state index < -0.39 is 0 Å². The van der Waals surface area contributed by atoms with E-state index in [1.54, 1.807) is 18.3 Å². The van der Waals surface area contributed by atoms with Crippen LogP contribution in [-0.2, 0) is 7.05 Å². The van der Waals surface area contributed by atoms with Gasteiger partial charge in [-0.05, 0) is 30.3 Å². The van der Waals surface area contributed by atoms with Gasteiger partial charge in [-0.15, -0.1) is 0 Å². The molecule has 0 bridgehead atoms. The fraction of sp³-hybridized carbons (Fsp3) is 0.0588. The maximum absolute atomic E-state index is 13.3. The molecule has 7 nitrogen and oxygen atoms in total. The predicted octanol–water partition coefficient (Wildman–Crippen LogP) is 2.89. The van der Waals surface area contributed by atoms with Crippen molar-refractivity contribution in [3.63, 3.8) is 0 Å². The topological polar surface area (TPSA) is 94.5 Å². The first-order chi connectivity index (χ1) is 12.1. The van der Waals surface area contributed by atoms with Gasteiger partial charge < -0.3 is 15.6 Å². The van der Waals surface area contributed by atoms with Crippen LogP contribution in [0.3, 0.4) is 0 Å². The average molecular weight is 335 g/mol. The number of nitrogens with one attached hydrogen (secondary N) is 1. The number of rotatable bonds is 3. The Bertz CT molecular complexity index is 1060. The van der Waals surface area contributed by atoms with E-state index in [-0.39, 0.29) is 5.82 Å². The minimum Gasteiger partial charge on any atom is -0.382 e. The molecular weight excluding hydrogens is 321 g/mol. The van der Waals surface area contributed by atoms with E-state index in [0.717, 1.165) is 16.6 Å². The van der Waals surface area contributed by atoms with Gasteiger partial charge >= 0.3 is 0 Å². The second-order valence-electron chi connectivity index (χ2n) is 5.51. The van der Waals surface area contributed by atoms with Gasteiger partial charge in [-0.2, -0.15) is 4.98 Å². The van der Waals surface area contributed by atoms with Crippen LogP contribution >= 0.6 is 0 Å². The van der Waals surface area contributed by atoms with Crippen molar-refractivity contribution >= 4 is 28.5 Å². The number of hydrogen-bond donors (Lipinski definition) is 2. The third-order valence-electron chi connectivity index (χ3n) is 3.83. The normalized spacial score (nSPS) is 11.0. The summed E-state index contributed by atoms with van der Waals surface area (Å²) in [6.07, 6.45) is 4.82. The van der Waals surface area contributed by atoms with E-state index in [1.165, 1.54) is 18.5 Å². The molecule has 0 fully saturated rings. The Labute approximate surface area is 142 Å². The van der Waals surface area contributed by atoms with Gasteiger partial charge in [0.05, 0.1) is 11.9 Å². The van der Waals surface area contributed by atoms with Crippen LogP contribution in [0, 0.1) is 5.82 Å². The molecule has 0 amide bonds. The van der Waals surface area contributed by atoms with Gasteiger partial charge in [-0.25, -0.2) is 19.3 Å². The van der Waals surface area contributed by atoms with E-state index in [0.29, 0.717) is 23.1 Å². The van der Waals surface area contributed by atoms with Gasteiger partial charge in [-0.3, -0.25) is 0 Å². The molecule has 3 N–H and O–H groups in total. The van der Waals surface area contributed by atoms with E-state index >= 15 is 0 Å². The van der Waals surface area contributed by atoms with Gasteiger partial charge in [0.15, 0.2) is 5.82 Å². The number of hydrogen-bond acceptors (Lipinski definition) is 6. The molecule has 0 saturated carbocycles. The highest BCUT2D eigenvalue weighted by molar-refractivity contribution is 5.92. The standard InChI is InChI=1S/C17H14FN7/c1-25-7-6-12-14(10-2-4-11(18)5-3-10)23-17(24-16(12)25)22-13-8-20-9-21-15(13)19/h2-9H,1H3,(H2,19,20,21)(H,22,23,24). The van der Waals surface area contributed by atoms with Crippen LogP contribution in [0.2, 0.25) is 0 Å². The summed E-state index contributed by atoms with van der Waals surface area (Å²) in [5, 5.41) is 3.92. The lowest BCUT2D eigenvalue weighted by Crippen LogP contribution is -2.04. The van der Waals surface area contributed by atoms with Crippen molar-refractivity contribution in [1.29, 1.82) is 0 Å². The Hall–Kier alpha value is -3.55. The van der Waals surface area contributed by atoms with Crippen molar-refractivity contribution in [2.75, 3.05) is 11.1 Å². The number of nitrogen functional groups attached to an aromatic ring is 1. The summed E-state index contributed by atoms with van der Waals surface area (Å²) in [6.45, 7) is 0. The number of nitrogens with zero attached hydrogens (tertiary/aromatic N) is 5. The zero-order valence-corrected chi connectivity index (χ0v) is 13.3. The molecule has 0 spiro atoms. The van der Waals surface area contributed by atoms with Gasteiger partial charge in [0.1, 0.15) is 23.5 Å². The Morgan fingerprint density at radius 1 is 1.12 bits per heavy atom. The lowest BCUT2D eigenvalue weighted by molar-refractivity contribution is 0.628. The van der Waals surface area contributed by atoms with Gasteiger partial charge in [-0.1, -0.05) is 0 Å². The molecule has 3 heterocycles. The Balaban J connectivity index is 1.87. The highest BCUT2D eigenvalue weighted by atomic mass is 19.1. The number of aryl methyl sites for hydroxylation is 1. The van der Waals surface area contributed by atoms with E-state index in [1.807, 2.05) is 23.9 Å². The minimum absolute atomic E-state index is 0.297. The monoisotopic (exact) mass is 335 g/mol. The maximum atomic E-state index is 13.3. The minimum atomic E-state index is -0.297.